The highest BCUT2D eigenvalue weighted by Gasteiger charge is 2.32. The van der Waals surface area contributed by atoms with E-state index in [4.69, 9.17) is 0 Å². The van der Waals surface area contributed by atoms with Crippen molar-refractivity contribution in [1.29, 1.82) is 0 Å². The van der Waals surface area contributed by atoms with Crippen molar-refractivity contribution in [2.45, 2.75) is 11.8 Å². The number of aryl methyl sites for hydroxylation is 1. The average Bonchev–Trinajstić information content (AvgIpc) is 3.31. The van der Waals surface area contributed by atoms with Crippen molar-refractivity contribution in [2.24, 2.45) is 4.99 Å². The van der Waals surface area contributed by atoms with Gasteiger partial charge in [0.05, 0.1) is 18.9 Å². The first-order valence-electron chi connectivity index (χ1n) is 9.57. The lowest BCUT2D eigenvalue weighted by Gasteiger charge is -2.27. The third kappa shape index (κ3) is 4.90. The molecule has 4 N–H and O–H groups in total. The van der Waals surface area contributed by atoms with E-state index in [9.17, 15) is 4.79 Å². The zero-order valence-electron chi connectivity index (χ0n) is 17.1. The van der Waals surface area contributed by atoms with E-state index in [1.165, 1.54) is 0 Å². The number of aromatic nitrogens is 2. The number of nitrogens with zero attached hydrogens (tertiary/aromatic N) is 4. The van der Waals surface area contributed by atoms with Crippen LogP contribution in [0.1, 0.15) is 5.69 Å². The number of aliphatic imine (C=N–C) groups is 1. The van der Waals surface area contributed by atoms with Crippen molar-refractivity contribution in [3.05, 3.63) is 60.4 Å². The third-order valence-corrected chi connectivity index (χ3v) is 5.39. The molecule has 0 fully saturated rings. The Morgan fingerprint density at radius 3 is 2.83 bits per heavy atom. The van der Waals surface area contributed by atoms with Gasteiger partial charge in [0.15, 0.2) is 5.82 Å². The molecule has 30 heavy (non-hydrogen) atoms. The van der Waals surface area contributed by atoms with Crippen molar-refractivity contribution >= 4 is 35.2 Å². The Kier molecular flexibility index (Phi) is 5.88. The summed E-state index contributed by atoms with van der Waals surface area (Å²) in [5.41, 5.74) is 1.79. The molecule has 0 bridgehead atoms. The number of hydrogen-bond donors (Lipinski definition) is 4. The molecule has 0 radical (unpaired) electrons. The minimum Gasteiger partial charge on any atom is -0.325 e. The van der Waals surface area contributed by atoms with E-state index in [2.05, 4.69) is 36.3 Å². The lowest BCUT2D eigenvalue weighted by Crippen LogP contribution is -3.10. The summed E-state index contributed by atoms with van der Waals surface area (Å²) in [6.07, 6.45) is 5.92. The lowest BCUT2D eigenvalue weighted by molar-refractivity contribution is -0.699. The Morgan fingerprint density at radius 1 is 1.33 bits per heavy atom. The number of carbonyl (C=O) groups is 1. The molecule has 1 aromatic heterocycles. The molecule has 2 aliphatic rings. The van der Waals surface area contributed by atoms with Gasteiger partial charge in [-0.2, -0.15) is 5.10 Å². The molecule has 2 aliphatic heterocycles. The molecule has 4 rings (SSSR count). The van der Waals surface area contributed by atoms with Crippen LogP contribution in [0, 0.1) is 6.92 Å². The number of H-pyrrole nitrogens is 1. The van der Waals surface area contributed by atoms with Gasteiger partial charge in [-0.3, -0.25) is 19.5 Å². The predicted molar refractivity (Wildman–Crippen MR) is 119 cm³/mol. The Morgan fingerprint density at radius 2 is 2.13 bits per heavy atom. The number of hydrogen-bond acceptors (Lipinski definition) is 7. The summed E-state index contributed by atoms with van der Waals surface area (Å²) < 4.78 is 2.14. The van der Waals surface area contributed by atoms with Crippen LogP contribution in [-0.2, 0) is 4.79 Å². The maximum Gasteiger partial charge on any atom is 0.238 e. The molecule has 0 aliphatic carbocycles. The summed E-state index contributed by atoms with van der Waals surface area (Å²) in [7, 11) is 3.74. The van der Waals surface area contributed by atoms with Crippen LogP contribution in [0.4, 0.5) is 11.5 Å². The quantitative estimate of drug-likeness (QED) is 0.499. The van der Waals surface area contributed by atoms with Crippen molar-refractivity contribution in [2.75, 3.05) is 37.8 Å². The summed E-state index contributed by atoms with van der Waals surface area (Å²) >= 11 is 1.62. The molecule has 156 valence electrons. The molecule has 3 heterocycles. The number of amides is 1. The van der Waals surface area contributed by atoms with Gasteiger partial charge in [-0.05, 0) is 57.2 Å². The number of likely N-dealkylation sites (N-methyl/N-ethyl adjacent to an activating group) is 1. The van der Waals surface area contributed by atoms with Crippen LogP contribution in [0.3, 0.4) is 0 Å². The zero-order valence-corrected chi connectivity index (χ0v) is 18.0. The minimum absolute atomic E-state index is 0.0292. The van der Waals surface area contributed by atoms with E-state index < -0.39 is 0 Å². The van der Waals surface area contributed by atoms with Gasteiger partial charge in [0.25, 0.3) is 0 Å². The van der Waals surface area contributed by atoms with Crippen molar-refractivity contribution in [3.63, 3.8) is 0 Å². The number of fused-ring (bicyclic) bond motifs is 1. The number of rotatable bonds is 7. The van der Waals surface area contributed by atoms with E-state index in [0.717, 1.165) is 38.7 Å². The normalized spacial score (nSPS) is 17.6. The fraction of sp³-hybridized carbons (Fsp3) is 0.250. The molecule has 2 aromatic rings. The highest BCUT2D eigenvalue weighted by molar-refractivity contribution is 7.97. The average molecular weight is 426 g/mol. The second-order valence-electron chi connectivity index (χ2n) is 7.39. The van der Waals surface area contributed by atoms with E-state index in [1.807, 2.05) is 68.7 Å². The number of benzene rings is 1. The molecule has 0 saturated carbocycles. The molecule has 0 spiro atoms. The van der Waals surface area contributed by atoms with Crippen molar-refractivity contribution < 1.29 is 9.69 Å². The molecule has 9 nitrogen and oxygen atoms in total. The second-order valence-corrected chi connectivity index (χ2v) is 8.51. The number of amidine groups is 1. The van der Waals surface area contributed by atoms with Gasteiger partial charge >= 0.3 is 0 Å². The highest BCUT2D eigenvalue weighted by Crippen LogP contribution is 2.26. The third-order valence-electron chi connectivity index (χ3n) is 4.44. The van der Waals surface area contributed by atoms with E-state index in [1.54, 1.807) is 11.9 Å². The van der Waals surface area contributed by atoms with E-state index in [0.29, 0.717) is 13.1 Å². The molecule has 1 atom stereocenters. The number of anilines is 2. The number of quaternary nitrogens is 1. The standard InChI is InChI=1S/C20H24N8OS/c1-14-10-17(25-24-14)23-19-12-27(11-18-21-8-9-28(18)19)30-16-6-4-15(5-7-16)22-20(29)13-26(2)3/h4-10,12H,11,13H2,1-3H3,(H,22,29)(H2,23,24,25)/p+1. The number of nitrogens with one attached hydrogen (secondary N) is 4. The van der Waals surface area contributed by atoms with E-state index >= 15 is 0 Å². The summed E-state index contributed by atoms with van der Waals surface area (Å²) in [6, 6.07) is 9.80. The van der Waals surface area contributed by atoms with Crippen LogP contribution in [0.25, 0.3) is 0 Å². The largest absolute Gasteiger partial charge is 0.325 e. The summed E-state index contributed by atoms with van der Waals surface area (Å²) in [5, 5.41) is 13.5. The Bertz CT molecular complexity index is 1010. The van der Waals surface area contributed by atoms with E-state index in [-0.39, 0.29) is 5.91 Å². The molecule has 10 heteroatoms. The maximum atomic E-state index is 11.9. The lowest BCUT2D eigenvalue weighted by atomic mass is 10.3. The van der Waals surface area contributed by atoms with Crippen LogP contribution < -0.4 is 15.5 Å². The molecule has 0 saturated heterocycles. The molecule has 1 amide bonds. The van der Waals surface area contributed by atoms with Gasteiger partial charge in [-0.1, -0.05) is 0 Å². The second kappa shape index (κ2) is 8.74. The molecular formula is C20H25N8OS+. The van der Waals surface area contributed by atoms with Gasteiger partial charge in [0.2, 0.25) is 17.6 Å². The monoisotopic (exact) mass is 425 g/mol. The molecule has 1 aromatic carbocycles. The summed E-state index contributed by atoms with van der Waals surface area (Å²) in [5.74, 6) is 2.72. The Labute approximate surface area is 179 Å². The predicted octanol–water partition coefficient (Wildman–Crippen LogP) is 1.22. The first kappa shape index (κ1) is 20.2. The first-order valence-corrected chi connectivity index (χ1v) is 10.3. The van der Waals surface area contributed by atoms with Gasteiger partial charge in [0.1, 0.15) is 12.7 Å². The molecule has 1 unspecified atom stereocenters. The smallest absolute Gasteiger partial charge is 0.238 e. The van der Waals surface area contributed by atoms with Gasteiger partial charge in [-0.25, -0.2) is 9.89 Å². The minimum atomic E-state index is -0.0292. The number of carbonyl (C=O) groups excluding carboxylic acids is 1. The van der Waals surface area contributed by atoms with Crippen LogP contribution in [-0.4, -0.2) is 58.3 Å². The van der Waals surface area contributed by atoms with Crippen LogP contribution in [0.2, 0.25) is 0 Å². The summed E-state index contributed by atoms with van der Waals surface area (Å²) in [4.78, 5) is 20.4. The van der Waals surface area contributed by atoms with Crippen LogP contribution >= 0.6 is 11.9 Å². The fourth-order valence-electron chi connectivity index (χ4n) is 3.15. The fourth-order valence-corrected chi connectivity index (χ4v) is 4.02. The van der Waals surface area contributed by atoms with Crippen molar-refractivity contribution in [1.82, 2.24) is 19.4 Å². The van der Waals surface area contributed by atoms with Crippen LogP contribution in [0.5, 0.6) is 0 Å². The molecular weight excluding hydrogens is 400 g/mol. The Hall–Kier alpha value is -3.08. The van der Waals surface area contributed by atoms with Crippen molar-refractivity contribution in [3.8, 4) is 0 Å². The Balaban J connectivity index is 1.44. The maximum absolute atomic E-state index is 11.9. The van der Waals surface area contributed by atoms with Crippen LogP contribution in [0.15, 0.2) is 64.6 Å². The topological polar surface area (TPSA) is 93.1 Å². The SMILES string of the molecule is Cc1cc(NC2=CN(Sc3ccc(NC(=O)CN(C)C)cc3)CC3=NC=C[NH+]23)n[nH]1. The first-order chi connectivity index (χ1) is 14.5. The van der Waals surface area contributed by atoms with Gasteiger partial charge in [0, 0.05) is 22.3 Å². The number of aromatic amines is 1. The highest BCUT2D eigenvalue weighted by atomic mass is 32.2. The van der Waals surface area contributed by atoms with Gasteiger partial charge < -0.3 is 10.2 Å². The zero-order chi connectivity index (χ0) is 21.1. The summed E-state index contributed by atoms with van der Waals surface area (Å²) in [6.45, 7) is 3.03. The van der Waals surface area contributed by atoms with Gasteiger partial charge in [-0.15, -0.1) is 0 Å².